The number of amides is 1. The zero-order valence-electron chi connectivity index (χ0n) is 13.2. The standard InChI is InChI=1S/C17H14ClN5O/c1-10-14(8-19)17-20-6-5-16(23(17)22-10)12-3-4-15(18)13(7-12)9-21-11(2)24/h3-7H,9H2,1-2H3,(H,21,24). The fourth-order valence-corrected chi connectivity index (χ4v) is 2.67. The number of hydrogen-bond donors (Lipinski definition) is 1. The SMILES string of the molecule is CC(=O)NCc1cc(-c2ccnc3c(C#N)c(C)nn23)ccc1Cl. The first-order valence-electron chi connectivity index (χ1n) is 7.29. The van der Waals surface area contributed by atoms with Crippen molar-refractivity contribution in [1.82, 2.24) is 19.9 Å². The highest BCUT2D eigenvalue weighted by atomic mass is 35.5. The molecule has 0 saturated carbocycles. The summed E-state index contributed by atoms with van der Waals surface area (Å²) in [5.41, 5.74) is 4.09. The van der Waals surface area contributed by atoms with Gasteiger partial charge in [0, 0.05) is 30.3 Å². The van der Waals surface area contributed by atoms with Gasteiger partial charge in [0.1, 0.15) is 11.6 Å². The average molecular weight is 340 g/mol. The third-order valence-electron chi connectivity index (χ3n) is 3.67. The Kier molecular flexibility index (Phi) is 4.19. The first kappa shape index (κ1) is 16.0. The van der Waals surface area contributed by atoms with Crippen molar-refractivity contribution in [3.05, 3.63) is 52.3 Å². The number of aromatic nitrogens is 3. The minimum atomic E-state index is -0.121. The summed E-state index contributed by atoms with van der Waals surface area (Å²) in [4.78, 5) is 15.4. The van der Waals surface area contributed by atoms with E-state index < -0.39 is 0 Å². The summed E-state index contributed by atoms with van der Waals surface area (Å²) in [5.74, 6) is -0.121. The molecule has 1 amide bonds. The van der Waals surface area contributed by atoms with E-state index in [0.29, 0.717) is 28.5 Å². The number of aryl methyl sites for hydroxylation is 1. The van der Waals surface area contributed by atoms with E-state index in [4.69, 9.17) is 11.6 Å². The Morgan fingerprint density at radius 1 is 1.42 bits per heavy atom. The van der Waals surface area contributed by atoms with Crippen LogP contribution in [0.4, 0.5) is 0 Å². The van der Waals surface area contributed by atoms with Crippen LogP contribution in [-0.2, 0) is 11.3 Å². The number of nitrogens with zero attached hydrogens (tertiary/aromatic N) is 4. The summed E-state index contributed by atoms with van der Waals surface area (Å²) in [6.07, 6.45) is 1.65. The number of benzene rings is 1. The van der Waals surface area contributed by atoms with Crippen LogP contribution >= 0.6 is 11.6 Å². The smallest absolute Gasteiger partial charge is 0.217 e. The van der Waals surface area contributed by atoms with Crippen LogP contribution in [0.5, 0.6) is 0 Å². The molecule has 1 aromatic carbocycles. The molecule has 1 N–H and O–H groups in total. The minimum Gasteiger partial charge on any atom is -0.352 e. The van der Waals surface area contributed by atoms with Gasteiger partial charge in [-0.3, -0.25) is 4.79 Å². The van der Waals surface area contributed by atoms with Crippen LogP contribution in [0.1, 0.15) is 23.7 Å². The van der Waals surface area contributed by atoms with E-state index in [1.807, 2.05) is 18.2 Å². The number of nitriles is 1. The lowest BCUT2D eigenvalue weighted by Gasteiger charge is -2.09. The molecular weight excluding hydrogens is 326 g/mol. The van der Waals surface area contributed by atoms with Gasteiger partial charge in [0.2, 0.25) is 5.91 Å². The maximum Gasteiger partial charge on any atom is 0.217 e. The van der Waals surface area contributed by atoms with E-state index in [-0.39, 0.29) is 5.91 Å². The number of carbonyl (C=O) groups is 1. The topological polar surface area (TPSA) is 83.1 Å². The van der Waals surface area contributed by atoms with Crippen molar-refractivity contribution in [2.45, 2.75) is 20.4 Å². The summed E-state index contributed by atoms with van der Waals surface area (Å²) >= 11 is 6.21. The van der Waals surface area contributed by atoms with E-state index in [1.165, 1.54) is 6.92 Å². The van der Waals surface area contributed by atoms with E-state index in [1.54, 1.807) is 23.7 Å². The Hall–Kier alpha value is -2.91. The van der Waals surface area contributed by atoms with Crippen molar-refractivity contribution in [3.8, 4) is 17.3 Å². The van der Waals surface area contributed by atoms with Gasteiger partial charge in [-0.1, -0.05) is 17.7 Å². The highest BCUT2D eigenvalue weighted by Crippen LogP contribution is 2.26. The van der Waals surface area contributed by atoms with Crippen LogP contribution in [0, 0.1) is 18.3 Å². The summed E-state index contributed by atoms with van der Waals surface area (Å²) in [6, 6.07) is 9.51. The summed E-state index contributed by atoms with van der Waals surface area (Å²) in [5, 5.41) is 17.0. The Morgan fingerprint density at radius 3 is 2.92 bits per heavy atom. The van der Waals surface area contributed by atoms with Gasteiger partial charge in [0.15, 0.2) is 5.65 Å². The number of halogens is 1. The van der Waals surface area contributed by atoms with E-state index >= 15 is 0 Å². The monoisotopic (exact) mass is 339 g/mol. The van der Waals surface area contributed by atoms with Crippen molar-refractivity contribution in [1.29, 1.82) is 5.26 Å². The molecule has 3 rings (SSSR count). The van der Waals surface area contributed by atoms with Gasteiger partial charge in [0.25, 0.3) is 0 Å². The first-order valence-corrected chi connectivity index (χ1v) is 7.66. The van der Waals surface area contributed by atoms with Gasteiger partial charge in [-0.25, -0.2) is 9.50 Å². The summed E-state index contributed by atoms with van der Waals surface area (Å²) in [6.45, 7) is 3.58. The quantitative estimate of drug-likeness (QED) is 0.795. The highest BCUT2D eigenvalue weighted by molar-refractivity contribution is 6.31. The lowest BCUT2D eigenvalue weighted by atomic mass is 10.1. The van der Waals surface area contributed by atoms with Gasteiger partial charge in [-0.2, -0.15) is 10.4 Å². The lowest BCUT2D eigenvalue weighted by molar-refractivity contribution is -0.119. The minimum absolute atomic E-state index is 0.121. The molecule has 2 aromatic heterocycles. The fraction of sp³-hybridized carbons (Fsp3) is 0.176. The number of hydrogen-bond acceptors (Lipinski definition) is 4. The van der Waals surface area contributed by atoms with Crippen molar-refractivity contribution < 1.29 is 4.79 Å². The molecule has 6 nitrogen and oxygen atoms in total. The molecule has 0 radical (unpaired) electrons. The molecule has 0 bridgehead atoms. The molecule has 0 aliphatic rings. The van der Waals surface area contributed by atoms with Gasteiger partial charge < -0.3 is 5.32 Å². The van der Waals surface area contributed by atoms with Crippen molar-refractivity contribution in [2.24, 2.45) is 0 Å². The van der Waals surface area contributed by atoms with Crippen LogP contribution in [-0.4, -0.2) is 20.5 Å². The molecule has 0 unspecified atom stereocenters. The third kappa shape index (κ3) is 2.82. The molecule has 0 spiro atoms. The molecule has 0 saturated heterocycles. The Morgan fingerprint density at radius 2 is 2.21 bits per heavy atom. The van der Waals surface area contributed by atoms with Crippen molar-refractivity contribution >= 4 is 23.2 Å². The molecule has 2 heterocycles. The molecule has 0 atom stereocenters. The maximum atomic E-state index is 11.1. The Labute approximate surface area is 143 Å². The Balaban J connectivity index is 2.13. The van der Waals surface area contributed by atoms with E-state index in [9.17, 15) is 10.1 Å². The largest absolute Gasteiger partial charge is 0.352 e. The van der Waals surface area contributed by atoms with Crippen LogP contribution < -0.4 is 5.32 Å². The summed E-state index contributed by atoms with van der Waals surface area (Å²) < 4.78 is 1.65. The fourth-order valence-electron chi connectivity index (χ4n) is 2.49. The van der Waals surface area contributed by atoms with Crippen LogP contribution in [0.15, 0.2) is 30.5 Å². The van der Waals surface area contributed by atoms with Gasteiger partial charge in [-0.15, -0.1) is 0 Å². The van der Waals surface area contributed by atoms with E-state index in [0.717, 1.165) is 16.8 Å². The van der Waals surface area contributed by atoms with Crippen LogP contribution in [0.3, 0.4) is 0 Å². The van der Waals surface area contributed by atoms with Crippen LogP contribution in [0.2, 0.25) is 5.02 Å². The lowest BCUT2D eigenvalue weighted by Crippen LogP contribution is -2.19. The summed E-state index contributed by atoms with van der Waals surface area (Å²) in [7, 11) is 0. The predicted molar refractivity (Wildman–Crippen MR) is 90.4 cm³/mol. The molecule has 0 fully saturated rings. The van der Waals surface area contributed by atoms with Gasteiger partial charge in [-0.05, 0) is 30.7 Å². The molecule has 7 heteroatoms. The number of rotatable bonds is 3. The second kappa shape index (κ2) is 6.30. The molecule has 24 heavy (non-hydrogen) atoms. The normalized spacial score (nSPS) is 10.6. The maximum absolute atomic E-state index is 11.1. The molecule has 3 aromatic rings. The first-order chi connectivity index (χ1) is 11.5. The molecule has 0 aliphatic carbocycles. The molecule has 0 aliphatic heterocycles. The zero-order chi connectivity index (χ0) is 17.3. The third-order valence-corrected chi connectivity index (χ3v) is 4.04. The number of carbonyl (C=O) groups excluding carboxylic acids is 1. The second-order valence-electron chi connectivity index (χ2n) is 5.35. The van der Waals surface area contributed by atoms with Gasteiger partial charge >= 0.3 is 0 Å². The average Bonchev–Trinajstić information content (AvgIpc) is 2.89. The van der Waals surface area contributed by atoms with Crippen LogP contribution in [0.25, 0.3) is 16.9 Å². The van der Waals surface area contributed by atoms with E-state index in [2.05, 4.69) is 21.5 Å². The van der Waals surface area contributed by atoms with Crippen molar-refractivity contribution in [3.63, 3.8) is 0 Å². The van der Waals surface area contributed by atoms with Gasteiger partial charge in [0.05, 0.1) is 11.4 Å². The second-order valence-corrected chi connectivity index (χ2v) is 5.76. The molecular formula is C17H14ClN5O. The highest BCUT2D eigenvalue weighted by Gasteiger charge is 2.14. The van der Waals surface area contributed by atoms with Crippen molar-refractivity contribution in [2.75, 3.05) is 0 Å². The number of nitrogens with one attached hydrogen (secondary N) is 1. The molecule has 120 valence electrons. The zero-order valence-corrected chi connectivity index (χ0v) is 13.9. The number of fused-ring (bicyclic) bond motifs is 1. The predicted octanol–water partition coefficient (Wildman–Crippen LogP) is 2.87. The Bertz CT molecular complexity index is 987.